The number of ketones is 1. The first kappa shape index (κ1) is 16.1. The summed E-state index contributed by atoms with van der Waals surface area (Å²) < 4.78 is 5.65. The van der Waals surface area contributed by atoms with E-state index in [1.807, 2.05) is 44.2 Å². The van der Waals surface area contributed by atoms with Crippen LogP contribution >= 0.6 is 27.5 Å². The van der Waals surface area contributed by atoms with Crippen molar-refractivity contribution >= 4 is 33.3 Å². The Hall–Kier alpha value is -1.32. The normalized spacial score (nSPS) is 12.8. The Balaban J connectivity index is 2.15. The zero-order chi connectivity index (χ0) is 15.5. The molecule has 0 N–H and O–H groups in total. The molecule has 0 aromatic heterocycles. The number of benzene rings is 2. The minimum absolute atomic E-state index is 0.0475. The fourth-order valence-corrected chi connectivity index (χ4v) is 2.96. The van der Waals surface area contributed by atoms with Gasteiger partial charge in [-0.15, -0.1) is 0 Å². The maximum Gasteiger partial charge on any atom is 0.211 e. The van der Waals surface area contributed by atoms with E-state index in [1.165, 1.54) is 0 Å². The predicted octanol–water partition coefficient (Wildman–Crippen LogP) is 4.99. The Morgan fingerprint density at radius 3 is 2.43 bits per heavy atom. The van der Waals surface area contributed by atoms with Crippen LogP contribution < -0.4 is 4.74 Å². The summed E-state index contributed by atoms with van der Waals surface area (Å²) in [5, 5.41) is -0.159. The third-order valence-electron chi connectivity index (χ3n) is 3.35. The molecule has 2 rings (SSSR count). The fraction of sp³-hybridized carbons (Fsp3) is 0.235. The molecule has 0 saturated carbocycles. The number of halogens is 2. The van der Waals surface area contributed by atoms with Gasteiger partial charge in [-0.25, -0.2) is 0 Å². The summed E-state index contributed by atoms with van der Waals surface area (Å²) in [6, 6.07) is 16.6. The lowest BCUT2D eigenvalue weighted by molar-refractivity contribution is -0.126. The van der Waals surface area contributed by atoms with Crippen LogP contribution in [-0.2, 0) is 10.2 Å². The number of ether oxygens (including phenoxy) is 1. The molecule has 1 atom stereocenters. The molecule has 2 nitrogen and oxygen atoms in total. The van der Waals surface area contributed by atoms with E-state index < -0.39 is 10.4 Å². The van der Waals surface area contributed by atoms with Crippen LogP contribution in [0, 0.1) is 0 Å². The van der Waals surface area contributed by atoms with Crippen LogP contribution in [0.5, 0.6) is 5.75 Å². The van der Waals surface area contributed by atoms with Gasteiger partial charge in [-0.2, -0.15) is 0 Å². The van der Waals surface area contributed by atoms with Gasteiger partial charge in [-0.05, 0) is 53.5 Å². The molecule has 0 spiro atoms. The number of carbonyl (C=O) groups excluding carboxylic acids is 1. The summed E-state index contributed by atoms with van der Waals surface area (Å²) in [5.41, 5.74) is 0.308. The summed E-state index contributed by atoms with van der Waals surface area (Å²) in [6.07, 6.45) is 0. The molecule has 0 aliphatic carbocycles. The number of hydrogen-bond acceptors (Lipinski definition) is 2. The van der Waals surface area contributed by atoms with Crippen molar-refractivity contribution in [1.82, 2.24) is 0 Å². The Morgan fingerprint density at radius 2 is 1.81 bits per heavy atom. The third-order valence-corrected chi connectivity index (χ3v) is 4.19. The molecule has 0 aliphatic rings. The molecule has 4 heteroatoms. The maximum absolute atomic E-state index is 12.6. The van der Waals surface area contributed by atoms with E-state index in [0.29, 0.717) is 10.8 Å². The number of carbonyl (C=O) groups is 1. The number of alkyl halides is 1. The molecular formula is C17H16BrClO2. The Labute approximate surface area is 138 Å². The van der Waals surface area contributed by atoms with Crippen molar-refractivity contribution in [1.29, 1.82) is 0 Å². The van der Waals surface area contributed by atoms with Gasteiger partial charge in [0.2, 0.25) is 5.01 Å². The van der Waals surface area contributed by atoms with Crippen molar-refractivity contribution in [2.45, 2.75) is 24.3 Å². The van der Waals surface area contributed by atoms with E-state index >= 15 is 0 Å². The lowest BCUT2D eigenvalue weighted by atomic mass is 9.81. The van der Waals surface area contributed by atoms with Crippen molar-refractivity contribution < 1.29 is 9.53 Å². The summed E-state index contributed by atoms with van der Waals surface area (Å²) in [5.74, 6) is 0.510. The molecule has 2 aromatic rings. The van der Waals surface area contributed by atoms with E-state index in [2.05, 4.69) is 15.9 Å². The largest absolute Gasteiger partial charge is 0.471 e. The minimum Gasteiger partial charge on any atom is -0.471 e. The molecule has 0 heterocycles. The second-order valence-electron chi connectivity index (χ2n) is 5.25. The first-order valence-electron chi connectivity index (χ1n) is 6.57. The molecule has 0 aliphatic heterocycles. The topological polar surface area (TPSA) is 26.3 Å². The summed E-state index contributed by atoms with van der Waals surface area (Å²) in [4.78, 5) is 12.6. The maximum atomic E-state index is 12.6. The molecule has 21 heavy (non-hydrogen) atoms. The smallest absolute Gasteiger partial charge is 0.211 e. The van der Waals surface area contributed by atoms with Gasteiger partial charge in [-0.1, -0.05) is 48.0 Å². The third kappa shape index (κ3) is 3.86. The highest BCUT2D eigenvalue weighted by molar-refractivity contribution is 9.09. The van der Waals surface area contributed by atoms with Gasteiger partial charge in [0.05, 0.1) is 5.41 Å². The van der Waals surface area contributed by atoms with E-state index in [1.54, 1.807) is 24.3 Å². The lowest BCUT2D eigenvalue weighted by Crippen LogP contribution is -2.37. The SMILES string of the molecule is CC(C)(C(=O)C(Br)Oc1cccc(Cl)c1)c1ccccc1. The zero-order valence-electron chi connectivity index (χ0n) is 11.8. The highest BCUT2D eigenvalue weighted by Gasteiger charge is 2.35. The second kappa shape index (κ2) is 6.63. The van der Waals surface area contributed by atoms with Crippen LogP contribution in [0.3, 0.4) is 0 Å². The molecule has 0 fully saturated rings. The zero-order valence-corrected chi connectivity index (χ0v) is 14.2. The Morgan fingerprint density at radius 1 is 1.14 bits per heavy atom. The Kier molecular flexibility index (Phi) is 5.07. The van der Waals surface area contributed by atoms with E-state index in [9.17, 15) is 4.79 Å². The monoisotopic (exact) mass is 366 g/mol. The minimum atomic E-state index is -0.730. The number of Topliss-reactive ketones (excluding diaryl/α,β-unsaturated/α-hetero) is 1. The quantitative estimate of drug-likeness (QED) is 0.696. The van der Waals surface area contributed by atoms with Gasteiger partial charge < -0.3 is 4.74 Å². The van der Waals surface area contributed by atoms with Crippen LogP contribution in [0.1, 0.15) is 19.4 Å². The van der Waals surface area contributed by atoms with Crippen LogP contribution in [0.25, 0.3) is 0 Å². The summed E-state index contributed by atoms with van der Waals surface area (Å²) in [7, 11) is 0. The van der Waals surface area contributed by atoms with Crippen LogP contribution in [0.2, 0.25) is 5.02 Å². The molecule has 0 bridgehead atoms. The van der Waals surface area contributed by atoms with Crippen molar-refractivity contribution in [3.63, 3.8) is 0 Å². The molecular weight excluding hydrogens is 352 g/mol. The Bertz CT molecular complexity index is 626. The summed E-state index contributed by atoms with van der Waals surface area (Å²) >= 11 is 9.24. The second-order valence-corrected chi connectivity index (χ2v) is 6.51. The lowest BCUT2D eigenvalue weighted by Gasteiger charge is -2.26. The predicted molar refractivity (Wildman–Crippen MR) is 89.3 cm³/mol. The van der Waals surface area contributed by atoms with Crippen molar-refractivity contribution in [3.05, 3.63) is 65.2 Å². The molecule has 110 valence electrons. The van der Waals surface area contributed by atoms with E-state index in [-0.39, 0.29) is 5.78 Å². The standard InChI is InChI=1S/C17H16BrClO2/c1-17(2,12-7-4-3-5-8-12)15(20)16(18)21-14-10-6-9-13(19)11-14/h3-11,16H,1-2H3. The number of hydrogen-bond donors (Lipinski definition) is 0. The summed E-state index contributed by atoms with van der Waals surface area (Å²) in [6.45, 7) is 3.78. The highest BCUT2D eigenvalue weighted by atomic mass is 79.9. The van der Waals surface area contributed by atoms with Crippen molar-refractivity contribution in [3.8, 4) is 5.75 Å². The van der Waals surface area contributed by atoms with Gasteiger partial charge >= 0.3 is 0 Å². The molecule has 1 unspecified atom stereocenters. The highest BCUT2D eigenvalue weighted by Crippen LogP contribution is 2.29. The van der Waals surface area contributed by atoms with Gasteiger partial charge in [0.15, 0.2) is 5.78 Å². The van der Waals surface area contributed by atoms with Crippen molar-refractivity contribution in [2.24, 2.45) is 0 Å². The van der Waals surface area contributed by atoms with Gasteiger partial charge in [0, 0.05) is 5.02 Å². The van der Waals surface area contributed by atoms with Gasteiger partial charge in [0.1, 0.15) is 5.75 Å². The first-order chi connectivity index (χ1) is 9.91. The van der Waals surface area contributed by atoms with Crippen molar-refractivity contribution in [2.75, 3.05) is 0 Å². The number of rotatable bonds is 5. The molecule has 0 amide bonds. The first-order valence-corrected chi connectivity index (χ1v) is 7.87. The molecule has 2 aromatic carbocycles. The van der Waals surface area contributed by atoms with Crippen LogP contribution in [0.15, 0.2) is 54.6 Å². The average molecular weight is 368 g/mol. The van der Waals surface area contributed by atoms with Crippen LogP contribution in [0.4, 0.5) is 0 Å². The van der Waals surface area contributed by atoms with Gasteiger partial charge in [-0.3, -0.25) is 4.79 Å². The average Bonchev–Trinajstić information content (AvgIpc) is 2.47. The van der Waals surface area contributed by atoms with Crippen LogP contribution in [-0.4, -0.2) is 10.8 Å². The van der Waals surface area contributed by atoms with E-state index in [0.717, 1.165) is 5.56 Å². The van der Waals surface area contributed by atoms with E-state index in [4.69, 9.17) is 16.3 Å². The van der Waals surface area contributed by atoms with Gasteiger partial charge in [0.25, 0.3) is 0 Å². The molecule has 0 saturated heterocycles. The fourth-order valence-electron chi connectivity index (χ4n) is 1.99. The molecule has 0 radical (unpaired) electrons.